The first-order valence-corrected chi connectivity index (χ1v) is 6.13. The Bertz CT molecular complexity index is 604. The fraction of sp³-hybridized carbons (Fsp3) is 0.0667. The normalized spacial score (nSPS) is 12.8. The average Bonchev–Trinajstić information content (AvgIpc) is 2.49. The molecule has 0 fully saturated rings. The first-order chi connectivity index (χ1) is 9.68. The van der Waals surface area contributed by atoms with Gasteiger partial charge in [0.05, 0.1) is 0 Å². The van der Waals surface area contributed by atoms with Crippen LogP contribution in [-0.4, -0.2) is 16.8 Å². The minimum Gasteiger partial charge on any atom is -0.382 e. The van der Waals surface area contributed by atoms with Crippen LogP contribution in [-0.2, 0) is 0 Å². The molecule has 5 heteroatoms. The smallest absolute Gasteiger partial charge is 0.211 e. The molecule has 5 N–H and O–H groups in total. The van der Waals surface area contributed by atoms with E-state index < -0.39 is 6.10 Å². The molecule has 2 aromatic carbocycles. The molecule has 2 rings (SSSR count). The SMILES string of the molecule is NC(N)=N/N=C(\c1ccccc1)[C@@H](O)c1ccccc1. The van der Waals surface area contributed by atoms with Crippen molar-refractivity contribution in [2.75, 3.05) is 0 Å². The van der Waals surface area contributed by atoms with Crippen molar-refractivity contribution < 1.29 is 5.11 Å². The summed E-state index contributed by atoms with van der Waals surface area (Å²) in [4.78, 5) is 0. The van der Waals surface area contributed by atoms with E-state index in [4.69, 9.17) is 11.5 Å². The third-order valence-corrected chi connectivity index (χ3v) is 2.72. The molecule has 102 valence electrons. The van der Waals surface area contributed by atoms with Crippen LogP contribution in [0.1, 0.15) is 17.2 Å². The van der Waals surface area contributed by atoms with Crippen molar-refractivity contribution in [1.29, 1.82) is 0 Å². The molecule has 0 aliphatic heterocycles. The van der Waals surface area contributed by atoms with E-state index in [1.165, 1.54) is 0 Å². The third-order valence-electron chi connectivity index (χ3n) is 2.72. The van der Waals surface area contributed by atoms with E-state index in [1.807, 2.05) is 60.7 Å². The highest BCUT2D eigenvalue weighted by Gasteiger charge is 2.17. The van der Waals surface area contributed by atoms with Crippen molar-refractivity contribution in [2.24, 2.45) is 21.7 Å². The summed E-state index contributed by atoms with van der Waals surface area (Å²) in [6, 6.07) is 18.5. The van der Waals surface area contributed by atoms with Crippen molar-refractivity contribution in [2.45, 2.75) is 6.10 Å². The Kier molecular flexibility index (Phi) is 4.47. The van der Waals surface area contributed by atoms with Gasteiger partial charge in [0.25, 0.3) is 0 Å². The van der Waals surface area contributed by atoms with Gasteiger partial charge in [0.1, 0.15) is 11.8 Å². The highest BCUT2D eigenvalue weighted by atomic mass is 16.3. The molecular formula is C15H16N4O. The summed E-state index contributed by atoms with van der Waals surface area (Å²) in [5.41, 5.74) is 12.5. The zero-order valence-corrected chi connectivity index (χ0v) is 10.8. The Morgan fingerprint density at radius 1 is 0.850 bits per heavy atom. The van der Waals surface area contributed by atoms with E-state index in [0.717, 1.165) is 11.1 Å². The molecule has 0 radical (unpaired) electrons. The van der Waals surface area contributed by atoms with Crippen molar-refractivity contribution in [3.63, 3.8) is 0 Å². The van der Waals surface area contributed by atoms with E-state index in [2.05, 4.69) is 10.2 Å². The zero-order chi connectivity index (χ0) is 14.4. The predicted octanol–water partition coefficient (Wildman–Crippen LogP) is 1.40. The maximum atomic E-state index is 10.5. The quantitative estimate of drug-likeness (QED) is 0.444. The second-order valence-corrected chi connectivity index (χ2v) is 4.19. The Balaban J connectivity index is 2.42. The summed E-state index contributed by atoms with van der Waals surface area (Å²) >= 11 is 0. The highest BCUT2D eigenvalue weighted by molar-refractivity contribution is 6.04. The van der Waals surface area contributed by atoms with Gasteiger partial charge in [0, 0.05) is 5.56 Å². The molecule has 2 aromatic rings. The molecule has 0 unspecified atom stereocenters. The van der Waals surface area contributed by atoms with E-state index >= 15 is 0 Å². The minimum atomic E-state index is -0.901. The van der Waals surface area contributed by atoms with Gasteiger partial charge in [-0.05, 0) is 5.56 Å². The van der Waals surface area contributed by atoms with Crippen molar-refractivity contribution in [3.05, 3.63) is 71.8 Å². The van der Waals surface area contributed by atoms with E-state index in [0.29, 0.717) is 5.71 Å². The Hall–Kier alpha value is -2.66. The van der Waals surface area contributed by atoms with Crippen molar-refractivity contribution in [1.82, 2.24) is 0 Å². The Morgan fingerprint density at radius 3 is 1.95 bits per heavy atom. The van der Waals surface area contributed by atoms with Gasteiger partial charge in [-0.25, -0.2) is 0 Å². The molecule has 0 spiro atoms. The molecule has 0 heterocycles. The molecule has 20 heavy (non-hydrogen) atoms. The van der Waals surface area contributed by atoms with Crippen LogP contribution in [0.2, 0.25) is 0 Å². The lowest BCUT2D eigenvalue weighted by molar-refractivity contribution is 0.247. The fourth-order valence-corrected chi connectivity index (χ4v) is 1.78. The van der Waals surface area contributed by atoms with E-state index in [-0.39, 0.29) is 5.96 Å². The lowest BCUT2D eigenvalue weighted by Gasteiger charge is -2.13. The van der Waals surface area contributed by atoms with Gasteiger partial charge in [-0.15, -0.1) is 10.2 Å². The molecule has 5 nitrogen and oxygen atoms in total. The number of nitrogens with zero attached hydrogens (tertiary/aromatic N) is 2. The number of rotatable bonds is 4. The van der Waals surface area contributed by atoms with Crippen LogP contribution in [0, 0.1) is 0 Å². The Labute approximate surface area is 117 Å². The van der Waals surface area contributed by atoms with Gasteiger partial charge < -0.3 is 16.6 Å². The summed E-state index contributed by atoms with van der Waals surface area (Å²) in [5, 5.41) is 18.1. The Morgan fingerprint density at radius 2 is 1.40 bits per heavy atom. The van der Waals surface area contributed by atoms with Crippen LogP contribution in [0.25, 0.3) is 0 Å². The monoisotopic (exact) mass is 268 g/mol. The number of guanidine groups is 1. The van der Waals surface area contributed by atoms with E-state index in [1.54, 1.807) is 0 Å². The number of nitrogens with two attached hydrogens (primary N) is 2. The molecular weight excluding hydrogens is 252 g/mol. The van der Waals surface area contributed by atoms with Crippen molar-refractivity contribution in [3.8, 4) is 0 Å². The van der Waals surface area contributed by atoms with Gasteiger partial charge in [-0.3, -0.25) is 0 Å². The molecule has 0 saturated carbocycles. The lowest BCUT2D eigenvalue weighted by Crippen LogP contribution is -2.22. The van der Waals surface area contributed by atoms with Gasteiger partial charge in [-0.2, -0.15) is 0 Å². The molecule has 0 saturated heterocycles. The van der Waals surface area contributed by atoms with Gasteiger partial charge in [0.15, 0.2) is 0 Å². The van der Waals surface area contributed by atoms with Crippen LogP contribution in [0.4, 0.5) is 0 Å². The second kappa shape index (κ2) is 6.49. The maximum Gasteiger partial charge on any atom is 0.211 e. The summed E-state index contributed by atoms with van der Waals surface area (Å²) in [6.07, 6.45) is -0.901. The van der Waals surface area contributed by atoms with Gasteiger partial charge in [0.2, 0.25) is 5.96 Å². The van der Waals surface area contributed by atoms with Crippen LogP contribution in [0.15, 0.2) is 70.9 Å². The number of hydrogen-bond donors (Lipinski definition) is 3. The average molecular weight is 268 g/mol. The number of aliphatic hydroxyl groups is 1. The second-order valence-electron chi connectivity index (χ2n) is 4.19. The molecule has 0 amide bonds. The largest absolute Gasteiger partial charge is 0.382 e. The summed E-state index contributed by atoms with van der Waals surface area (Å²) < 4.78 is 0. The molecule has 1 atom stereocenters. The topological polar surface area (TPSA) is 97.0 Å². The number of benzene rings is 2. The van der Waals surface area contributed by atoms with Crippen LogP contribution < -0.4 is 11.5 Å². The standard InChI is InChI=1S/C15H16N4O/c16-15(17)19-18-13(11-7-3-1-4-8-11)14(20)12-9-5-2-6-10-12/h1-10,14,20H,(H4,16,17,19)/b18-13+/t14-/m0/s1. The maximum absolute atomic E-state index is 10.5. The minimum absolute atomic E-state index is 0.154. The first-order valence-electron chi connectivity index (χ1n) is 6.13. The third kappa shape index (κ3) is 3.43. The first kappa shape index (κ1) is 13.8. The number of hydrogen-bond acceptors (Lipinski definition) is 3. The predicted molar refractivity (Wildman–Crippen MR) is 80.2 cm³/mol. The summed E-state index contributed by atoms with van der Waals surface area (Å²) in [6.45, 7) is 0. The fourth-order valence-electron chi connectivity index (χ4n) is 1.78. The summed E-state index contributed by atoms with van der Waals surface area (Å²) in [5.74, 6) is -0.154. The van der Waals surface area contributed by atoms with E-state index in [9.17, 15) is 5.11 Å². The van der Waals surface area contributed by atoms with Crippen LogP contribution in [0.3, 0.4) is 0 Å². The highest BCUT2D eigenvalue weighted by Crippen LogP contribution is 2.19. The van der Waals surface area contributed by atoms with Crippen LogP contribution >= 0.6 is 0 Å². The lowest BCUT2D eigenvalue weighted by atomic mass is 9.99. The molecule has 0 bridgehead atoms. The van der Waals surface area contributed by atoms with Gasteiger partial charge in [-0.1, -0.05) is 60.7 Å². The van der Waals surface area contributed by atoms with Crippen molar-refractivity contribution >= 4 is 11.7 Å². The number of aliphatic hydroxyl groups excluding tert-OH is 1. The zero-order valence-electron chi connectivity index (χ0n) is 10.8. The van der Waals surface area contributed by atoms with Crippen LogP contribution in [0.5, 0.6) is 0 Å². The van der Waals surface area contributed by atoms with Gasteiger partial charge >= 0.3 is 0 Å². The molecule has 0 aromatic heterocycles. The molecule has 0 aliphatic carbocycles. The summed E-state index contributed by atoms with van der Waals surface area (Å²) in [7, 11) is 0. The molecule has 0 aliphatic rings.